The Morgan fingerprint density at radius 1 is 1.12 bits per heavy atom. The number of rotatable bonds is 1. The van der Waals surface area contributed by atoms with Gasteiger partial charge in [0, 0.05) is 12.4 Å². The van der Waals surface area contributed by atoms with Gasteiger partial charge in [0.05, 0.1) is 15.2 Å². The van der Waals surface area contributed by atoms with Gasteiger partial charge in [-0.25, -0.2) is 4.98 Å². The lowest BCUT2D eigenvalue weighted by molar-refractivity contribution is 1.27. The first-order chi connectivity index (χ1) is 8.24. The zero-order valence-corrected chi connectivity index (χ0v) is 10.6. The number of hydrogen-bond acceptors (Lipinski definition) is 3. The van der Waals surface area contributed by atoms with Crippen LogP contribution in [0, 0.1) is 13.8 Å². The van der Waals surface area contributed by atoms with E-state index in [1.807, 2.05) is 19.3 Å². The molecule has 1 aromatic carbocycles. The number of aromatic nitrogens is 2. The molecule has 0 unspecified atom stereocenters. The molecule has 0 saturated carbocycles. The van der Waals surface area contributed by atoms with E-state index in [0.717, 1.165) is 10.5 Å². The van der Waals surface area contributed by atoms with Gasteiger partial charge in [-0.1, -0.05) is 6.07 Å². The fraction of sp³-hybridized carbons (Fsp3) is 0.143. The molecule has 0 atom stereocenters. The van der Waals surface area contributed by atoms with Crippen molar-refractivity contribution in [1.29, 1.82) is 0 Å². The largest absolute Gasteiger partial charge is 0.264 e. The van der Waals surface area contributed by atoms with Crippen LogP contribution in [0.3, 0.4) is 0 Å². The van der Waals surface area contributed by atoms with E-state index in [2.05, 4.69) is 41.2 Å². The van der Waals surface area contributed by atoms with Crippen molar-refractivity contribution in [3.05, 3.63) is 47.2 Å². The molecular formula is C14H12N2S. The van der Waals surface area contributed by atoms with E-state index in [-0.39, 0.29) is 0 Å². The lowest BCUT2D eigenvalue weighted by atomic mass is 10.0. The van der Waals surface area contributed by atoms with Gasteiger partial charge in [-0.2, -0.15) is 0 Å². The minimum absolute atomic E-state index is 1.08. The number of pyridine rings is 1. The Balaban J connectivity index is 2.21. The molecule has 3 aromatic rings. The Bertz CT molecular complexity index is 686. The van der Waals surface area contributed by atoms with Crippen molar-refractivity contribution in [2.45, 2.75) is 13.8 Å². The standard InChI is InChI=1S/C14H12N2S/c1-9-8-15-6-5-12(9)11-3-4-14-13(7-11)16-10(2)17-14/h3-8H,1-2H3. The zero-order valence-electron chi connectivity index (χ0n) is 9.77. The molecule has 2 aromatic heterocycles. The van der Waals surface area contributed by atoms with Crippen LogP contribution in [0.4, 0.5) is 0 Å². The molecular weight excluding hydrogens is 228 g/mol. The van der Waals surface area contributed by atoms with Gasteiger partial charge in [-0.15, -0.1) is 11.3 Å². The molecule has 0 radical (unpaired) electrons. The van der Waals surface area contributed by atoms with E-state index >= 15 is 0 Å². The fourth-order valence-electron chi connectivity index (χ4n) is 2.01. The molecule has 0 saturated heterocycles. The van der Waals surface area contributed by atoms with Crippen LogP contribution in [-0.4, -0.2) is 9.97 Å². The van der Waals surface area contributed by atoms with Crippen molar-refractivity contribution in [2.24, 2.45) is 0 Å². The van der Waals surface area contributed by atoms with E-state index in [9.17, 15) is 0 Å². The predicted molar refractivity (Wildman–Crippen MR) is 72.3 cm³/mol. The Kier molecular flexibility index (Phi) is 2.41. The van der Waals surface area contributed by atoms with Gasteiger partial charge in [0.1, 0.15) is 0 Å². The second-order valence-corrected chi connectivity index (χ2v) is 5.34. The molecule has 0 spiro atoms. The fourth-order valence-corrected chi connectivity index (χ4v) is 2.81. The van der Waals surface area contributed by atoms with Gasteiger partial charge < -0.3 is 0 Å². The minimum Gasteiger partial charge on any atom is -0.264 e. The van der Waals surface area contributed by atoms with E-state index in [1.54, 1.807) is 11.3 Å². The quantitative estimate of drug-likeness (QED) is 0.643. The number of hydrogen-bond donors (Lipinski definition) is 0. The summed E-state index contributed by atoms with van der Waals surface area (Å²) in [6.07, 6.45) is 3.73. The third-order valence-corrected chi connectivity index (χ3v) is 3.78. The summed E-state index contributed by atoms with van der Waals surface area (Å²) < 4.78 is 1.25. The van der Waals surface area contributed by atoms with Crippen LogP contribution in [0.15, 0.2) is 36.7 Å². The van der Waals surface area contributed by atoms with Gasteiger partial charge in [-0.05, 0) is 48.7 Å². The lowest BCUT2D eigenvalue weighted by Crippen LogP contribution is -1.84. The normalized spacial score (nSPS) is 10.9. The zero-order chi connectivity index (χ0) is 11.8. The van der Waals surface area contributed by atoms with E-state index in [0.29, 0.717) is 0 Å². The molecule has 3 heteroatoms. The highest BCUT2D eigenvalue weighted by molar-refractivity contribution is 7.18. The van der Waals surface area contributed by atoms with E-state index in [1.165, 1.54) is 21.4 Å². The topological polar surface area (TPSA) is 25.8 Å². The smallest absolute Gasteiger partial charge is 0.0907 e. The second kappa shape index (κ2) is 3.93. The lowest BCUT2D eigenvalue weighted by Gasteiger charge is -2.04. The second-order valence-electron chi connectivity index (χ2n) is 4.11. The van der Waals surface area contributed by atoms with Crippen molar-refractivity contribution in [3.63, 3.8) is 0 Å². The minimum atomic E-state index is 1.08. The molecule has 0 amide bonds. The third kappa shape index (κ3) is 1.83. The highest BCUT2D eigenvalue weighted by Gasteiger charge is 2.05. The van der Waals surface area contributed by atoms with Gasteiger partial charge >= 0.3 is 0 Å². The average molecular weight is 240 g/mol. The summed E-state index contributed by atoms with van der Waals surface area (Å²) in [4.78, 5) is 8.66. The van der Waals surface area contributed by atoms with Crippen LogP contribution < -0.4 is 0 Å². The van der Waals surface area contributed by atoms with Crippen molar-refractivity contribution >= 4 is 21.6 Å². The summed E-state index contributed by atoms with van der Waals surface area (Å²) in [5, 5.41) is 1.11. The molecule has 2 nitrogen and oxygen atoms in total. The maximum atomic E-state index is 4.53. The van der Waals surface area contributed by atoms with Gasteiger partial charge in [0.25, 0.3) is 0 Å². The van der Waals surface area contributed by atoms with Crippen molar-refractivity contribution in [1.82, 2.24) is 9.97 Å². The summed E-state index contributed by atoms with van der Waals surface area (Å²) in [6.45, 7) is 4.13. The van der Waals surface area contributed by atoms with Crippen molar-refractivity contribution in [3.8, 4) is 11.1 Å². The number of fused-ring (bicyclic) bond motifs is 1. The van der Waals surface area contributed by atoms with E-state index < -0.39 is 0 Å². The molecule has 84 valence electrons. The Hall–Kier alpha value is -1.74. The molecule has 2 heterocycles. The molecule has 0 aliphatic carbocycles. The summed E-state index contributed by atoms with van der Waals surface area (Å²) in [6, 6.07) is 8.51. The average Bonchev–Trinajstić information content (AvgIpc) is 2.68. The van der Waals surface area contributed by atoms with Crippen LogP contribution in [-0.2, 0) is 0 Å². The molecule has 0 aliphatic heterocycles. The van der Waals surface area contributed by atoms with Gasteiger partial charge in [0.15, 0.2) is 0 Å². The number of nitrogens with zero attached hydrogens (tertiary/aromatic N) is 2. The van der Waals surface area contributed by atoms with Crippen LogP contribution in [0.1, 0.15) is 10.6 Å². The highest BCUT2D eigenvalue weighted by atomic mass is 32.1. The molecule has 0 bridgehead atoms. The van der Waals surface area contributed by atoms with Crippen molar-refractivity contribution in [2.75, 3.05) is 0 Å². The summed E-state index contributed by atoms with van der Waals surface area (Å²) in [7, 11) is 0. The summed E-state index contributed by atoms with van der Waals surface area (Å²) in [5.41, 5.74) is 4.72. The van der Waals surface area contributed by atoms with Crippen LogP contribution in [0.2, 0.25) is 0 Å². The molecule has 17 heavy (non-hydrogen) atoms. The van der Waals surface area contributed by atoms with Crippen LogP contribution in [0.25, 0.3) is 21.3 Å². The Labute approximate surface area is 104 Å². The molecule has 0 fully saturated rings. The third-order valence-electron chi connectivity index (χ3n) is 2.83. The maximum absolute atomic E-state index is 4.53. The number of thiazole rings is 1. The van der Waals surface area contributed by atoms with Gasteiger partial charge in [-0.3, -0.25) is 4.98 Å². The Morgan fingerprint density at radius 2 is 2.00 bits per heavy atom. The highest BCUT2D eigenvalue weighted by Crippen LogP contribution is 2.28. The van der Waals surface area contributed by atoms with Crippen LogP contribution in [0.5, 0.6) is 0 Å². The number of benzene rings is 1. The SMILES string of the molecule is Cc1nc2cc(-c3ccncc3C)ccc2s1. The van der Waals surface area contributed by atoms with Crippen LogP contribution >= 0.6 is 11.3 Å². The predicted octanol–water partition coefficient (Wildman–Crippen LogP) is 3.98. The maximum Gasteiger partial charge on any atom is 0.0907 e. The molecule has 0 N–H and O–H groups in total. The van der Waals surface area contributed by atoms with E-state index in [4.69, 9.17) is 0 Å². The first-order valence-corrected chi connectivity index (χ1v) is 6.34. The van der Waals surface area contributed by atoms with Gasteiger partial charge in [0.2, 0.25) is 0 Å². The molecule has 3 rings (SSSR count). The first kappa shape index (κ1) is 10.4. The Morgan fingerprint density at radius 3 is 2.82 bits per heavy atom. The summed E-state index contributed by atoms with van der Waals surface area (Å²) in [5.74, 6) is 0. The van der Waals surface area contributed by atoms with Crippen molar-refractivity contribution < 1.29 is 0 Å². The summed E-state index contributed by atoms with van der Waals surface area (Å²) >= 11 is 1.74. The first-order valence-electron chi connectivity index (χ1n) is 5.52. The molecule has 0 aliphatic rings. The number of aryl methyl sites for hydroxylation is 2. The monoisotopic (exact) mass is 240 g/mol.